The van der Waals surface area contributed by atoms with Crippen molar-refractivity contribution in [1.82, 2.24) is 29.7 Å². The second-order valence-corrected chi connectivity index (χ2v) is 29.9. The summed E-state index contributed by atoms with van der Waals surface area (Å²) in [5, 5.41) is 15.8. The third kappa shape index (κ3) is 14.1. The van der Waals surface area contributed by atoms with Gasteiger partial charge >= 0.3 is 12.1 Å². The van der Waals surface area contributed by atoms with Crippen molar-refractivity contribution in [2.24, 2.45) is 0 Å². The Balaban J connectivity index is 1.22. The van der Waals surface area contributed by atoms with Crippen LogP contribution in [0.15, 0.2) is 78.9 Å². The molecule has 1 aliphatic carbocycles. The molecule has 3 aromatic carbocycles. The van der Waals surface area contributed by atoms with Gasteiger partial charge in [-0.25, -0.2) is 14.8 Å². The van der Waals surface area contributed by atoms with Crippen molar-refractivity contribution < 1.29 is 43.4 Å². The van der Waals surface area contributed by atoms with Gasteiger partial charge in [-0.15, -0.1) is 0 Å². The molecule has 69 heavy (non-hydrogen) atoms. The molecule has 4 amide bonds. The summed E-state index contributed by atoms with van der Waals surface area (Å²) in [5.74, 6) is -2.33. The van der Waals surface area contributed by atoms with Crippen molar-refractivity contribution in [3.63, 3.8) is 0 Å². The molecule has 0 radical (unpaired) electrons. The summed E-state index contributed by atoms with van der Waals surface area (Å²) in [4.78, 5) is 91.2. The van der Waals surface area contributed by atoms with Crippen LogP contribution in [-0.2, 0) is 37.0 Å². The van der Waals surface area contributed by atoms with E-state index >= 15 is 0 Å². The van der Waals surface area contributed by atoms with E-state index in [9.17, 15) is 38.7 Å². The van der Waals surface area contributed by atoms with Gasteiger partial charge in [0.2, 0.25) is 17.7 Å². The van der Waals surface area contributed by atoms with Gasteiger partial charge in [-0.2, -0.15) is 0 Å². The molecule has 1 aliphatic rings. The van der Waals surface area contributed by atoms with Gasteiger partial charge in [0.1, 0.15) is 6.61 Å². The predicted molar refractivity (Wildman–Crippen MR) is 275 cm³/mol. The van der Waals surface area contributed by atoms with E-state index in [1.54, 1.807) is 19.1 Å². The first kappa shape index (κ1) is 54.6. The van der Waals surface area contributed by atoms with E-state index in [-0.39, 0.29) is 80.6 Å². The Morgan fingerprint density at radius 1 is 0.725 bits per heavy atom. The molecule has 0 atom stereocenters. The fourth-order valence-electron chi connectivity index (χ4n) is 8.60. The van der Waals surface area contributed by atoms with Crippen LogP contribution in [0, 0.1) is 0 Å². The number of ether oxygens (including phenoxy) is 1. The lowest BCUT2D eigenvalue weighted by Crippen LogP contribution is -2.48. The highest BCUT2D eigenvalue weighted by molar-refractivity contribution is 6.73. The van der Waals surface area contributed by atoms with Crippen LogP contribution in [0.3, 0.4) is 0 Å². The van der Waals surface area contributed by atoms with Crippen molar-refractivity contribution in [3.8, 4) is 11.1 Å². The number of nitrogens with one attached hydrogen (secondary N) is 1. The molecule has 0 aliphatic heterocycles. The monoisotopic (exact) mass is 985 g/mol. The Labute approximate surface area is 410 Å². The molecule has 0 saturated heterocycles. The first-order chi connectivity index (χ1) is 32.3. The van der Waals surface area contributed by atoms with Crippen molar-refractivity contribution in [2.45, 2.75) is 121 Å². The lowest BCUT2D eigenvalue weighted by molar-refractivity contribution is -0.142. The first-order valence-corrected chi connectivity index (χ1v) is 30.1. The van der Waals surface area contributed by atoms with E-state index in [0.29, 0.717) is 32.2 Å². The molecular formula is C52H76N6O9Si2. The van der Waals surface area contributed by atoms with Crippen LogP contribution in [0.1, 0.15) is 89.0 Å². The average Bonchev–Trinajstić information content (AvgIpc) is 3.80. The maximum atomic E-state index is 13.9. The van der Waals surface area contributed by atoms with E-state index in [4.69, 9.17) is 4.74 Å². The van der Waals surface area contributed by atoms with Gasteiger partial charge in [-0.05, 0) is 102 Å². The fraction of sp³-hybridized carbons (Fsp3) is 0.519. The van der Waals surface area contributed by atoms with Crippen LogP contribution in [-0.4, -0.2) is 139 Å². The van der Waals surface area contributed by atoms with Crippen molar-refractivity contribution in [1.29, 1.82) is 0 Å². The zero-order valence-corrected chi connectivity index (χ0v) is 44.5. The van der Waals surface area contributed by atoms with Crippen LogP contribution in [0.4, 0.5) is 4.79 Å². The zero-order valence-electron chi connectivity index (χ0n) is 42.5. The normalized spacial score (nSPS) is 13.0. The number of nitrogens with zero attached hydrogens (tertiary/aromatic N) is 5. The molecule has 376 valence electrons. The van der Waals surface area contributed by atoms with Gasteiger partial charge < -0.3 is 39.1 Å². The Morgan fingerprint density at radius 3 is 1.83 bits per heavy atom. The number of aryl methyl sites for hydroxylation is 1. The minimum Gasteiger partial charge on any atom is -0.481 e. The first-order valence-electron chi connectivity index (χ1n) is 24.2. The van der Waals surface area contributed by atoms with Gasteiger partial charge in [0, 0.05) is 63.8 Å². The van der Waals surface area contributed by atoms with Gasteiger partial charge in [-0.1, -0.05) is 94.4 Å². The molecular weight excluding hydrogens is 909 g/mol. The Morgan fingerprint density at radius 2 is 1.26 bits per heavy atom. The molecule has 15 nitrogen and oxygen atoms in total. The van der Waals surface area contributed by atoms with E-state index in [1.165, 1.54) is 14.8 Å². The number of para-hydroxylation sites is 1. The number of amides is 4. The molecule has 0 fully saturated rings. The second-order valence-electron chi connectivity index (χ2n) is 20.9. The second kappa shape index (κ2) is 23.1. The summed E-state index contributed by atoms with van der Waals surface area (Å²) in [5.41, 5.74) is 6.33. The number of carbonyl (C=O) groups excluding carboxylic acids is 4. The van der Waals surface area contributed by atoms with Gasteiger partial charge in [0.05, 0.1) is 26.1 Å². The number of aromatic nitrogens is 1. The lowest BCUT2D eigenvalue weighted by atomic mass is 9.98. The van der Waals surface area contributed by atoms with Gasteiger partial charge in [0.15, 0.2) is 16.6 Å². The number of carbonyl (C=O) groups is 5. The predicted octanol–water partition coefficient (Wildman–Crippen LogP) is 8.02. The molecule has 5 rings (SSSR count). The highest BCUT2D eigenvalue weighted by Gasteiger charge is 2.39. The van der Waals surface area contributed by atoms with Crippen molar-refractivity contribution in [2.75, 3.05) is 53.4 Å². The minimum atomic E-state index is -2.56. The molecule has 4 aromatic rings. The van der Waals surface area contributed by atoms with E-state index < -0.39 is 40.5 Å². The summed E-state index contributed by atoms with van der Waals surface area (Å²) in [6.45, 7) is 16.1. The SMILES string of the molecule is CN(Cc1cc2ccccc2n1CCC(=O)NCC(=O)N(CCCC(C)(C)[Si](C)(C)O)CC(=O)N(CCCC(C)(C)[Si](C)(C)O)CCC(=O)O)N(C)C(=O)OCC1c2ccccc2-c2ccccc21. The number of carboxylic acid groups (broad SMARTS) is 1. The summed E-state index contributed by atoms with van der Waals surface area (Å²) in [6.07, 6.45) is 1.59. The fourth-order valence-corrected chi connectivity index (χ4v) is 10.2. The summed E-state index contributed by atoms with van der Waals surface area (Å²) < 4.78 is 7.96. The average molecular weight is 985 g/mol. The third-order valence-electron chi connectivity index (χ3n) is 14.8. The molecule has 17 heteroatoms. The van der Waals surface area contributed by atoms with Crippen LogP contribution in [0.25, 0.3) is 22.0 Å². The highest BCUT2D eigenvalue weighted by atomic mass is 28.4. The number of carboxylic acids is 1. The zero-order chi connectivity index (χ0) is 50.9. The summed E-state index contributed by atoms with van der Waals surface area (Å²) in [6, 6.07) is 26.2. The van der Waals surface area contributed by atoms with Crippen molar-refractivity contribution in [3.05, 3.63) is 95.7 Å². The molecule has 0 unspecified atom stereocenters. The van der Waals surface area contributed by atoms with Crippen LogP contribution < -0.4 is 5.32 Å². The number of hydrazine groups is 1. The number of hydrogen-bond donors (Lipinski definition) is 4. The number of benzene rings is 3. The number of fused-ring (bicyclic) bond motifs is 4. The smallest absolute Gasteiger partial charge is 0.424 e. The summed E-state index contributed by atoms with van der Waals surface area (Å²) >= 11 is 0. The van der Waals surface area contributed by atoms with Gasteiger partial charge in [0.25, 0.3) is 0 Å². The lowest BCUT2D eigenvalue weighted by Gasteiger charge is -2.36. The van der Waals surface area contributed by atoms with Gasteiger partial charge in [-0.3, -0.25) is 19.2 Å². The number of hydrogen-bond acceptors (Lipinski definition) is 9. The number of aliphatic carboxylic acids is 1. The quantitative estimate of drug-likeness (QED) is 0.0375. The standard InChI is InChI=1S/C52H76N6O9Si2/c1-51(2,68(7,8)65)27-17-29-56(31-26-49(62)63)48(61)36-57(30-18-28-52(3,4)69(9,10)66)47(60)34-53-46(59)25-32-58-39(33-38-19-11-16-24-45(38)58)35-54(5)55(6)50(64)67-37-44-42-22-14-12-20-40(42)41-21-13-15-23-43(41)44/h11-16,19-24,33,44,65-66H,17-18,25-32,34-37H2,1-10H3,(H,53,59)(H,62,63). The van der Waals surface area contributed by atoms with Crippen molar-refractivity contribution >= 4 is 57.3 Å². The number of rotatable bonds is 25. The topological polar surface area (TPSA) is 185 Å². The van der Waals surface area contributed by atoms with E-state index in [1.807, 2.05) is 113 Å². The van der Waals surface area contributed by atoms with Crippen LogP contribution >= 0.6 is 0 Å². The molecule has 1 heterocycles. The minimum absolute atomic E-state index is 0.0256. The maximum Gasteiger partial charge on any atom is 0.424 e. The maximum absolute atomic E-state index is 13.9. The Bertz CT molecular complexity index is 2400. The molecule has 0 bridgehead atoms. The highest BCUT2D eigenvalue weighted by Crippen LogP contribution is 2.45. The van der Waals surface area contributed by atoms with Crippen LogP contribution in [0.2, 0.25) is 36.3 Å². The molecule has 0 saturated carbocycles. The Hall–Kier alpha value is -5.34. The molecule has 4 N–H and O–H groups in total. The molecule has 0 spiro atoms. The molecule has 1 aromatic heterocycles. The largest absolute Gasteiger partial charge is 0.481 e. The third-order valence-corrected chi connectivity index (χ3v) is 21.9. The van der Waals surface area contributed by atoms with E-state index in [0.717, 1.165) is 38.9 Å². The Kier molecular flexibility index (Phi) is 18.2. The summed E-state index contributed by atoms with van der Waals surface area (Å²) in [7, 11) is -1.61. The van der Waals surface area contributed by atoms with Crippen LogP contribution in [0.5, 0.6) is 0 Å². The van der Waals surface area contributed by atoms with E-state index in [2.05, 4.69) is 29.6 Å².